The Balaban J connectivity index is 1.75. The Hall–Kier alpha value is -1.14. The minimum absolute atomic E-state index is 0.00353. The van der Waals surface area contributed by atoms with Gasteiger partial charge in [0.05, 0.1) is 5.02 Å². The summed E-state index contributed by atoms with van der Waals surface area (Å²) in [5.74, 6) is 0.518. The minimum Gasteiger partial charge on any atom is -0.337 e. The quantitative estimate of drug-likeness (QED) is 0.891. The van der Waals surface area contributed by atoms with Gasteiger partial charge in [-0.15, -0.1) is 11.3 Å². The third-order valence-corrected chi connectivity index (χ3v) is 5.37. The van der Waals surface area contributed by atoms with E-state index >= 15 is 0 Å². The zero-order valence-electron chi connectivity index (χ0n) is 12.7. The Labute approximate surface area is 149 Å². The maximum atomic E-state index is 12.6. The van der Waals surface area contributed by atoms with E-state index in [1.54, 1.807) is 17.5 Å². The van der Waals surface area contributed by atoms with Gasteiger partial charge in [0, 0.05) is 29.1 Å². The smallest absolute Gasteiger partial charge is 0.273 e. The van der Waals surface area contributed by atoms with Crippen LogP contribution in [0, 0.1) is 5.92 Å². The van der Waals surface area contributed by atoms with Gasteiger partial charge in [-0.05, 0) is 44.1 Å². The summed E-state index contributed by atoms with van der Waals surface area (Å²) in [7, 11) is 1.94. The molecule has 2 aromatic rings. The number of likely N-dealkylation sites (tertiary alicyclic amines) is 1. The first kappa shape index (κ1) is 16.7. The fourth-order valence-electron chi connectivity index (χ4n) is 2.79. The maximum Gasteiger partial charge on any atom is 0.273 e. The molecule has 1 aliphatic rings. The van der Waals surface area contributed by atoms with Crippen molar-refractivity contribution in [2.24, 2.45) is 5.92 Å². The number of carbonyl (C=O) groups is 1. The molecule has 1 atom stereocenters. The highest BCUT2D eigenvalue weighted by Gasteiger charge is 2.27. The number of carbonyl (C=O) groups excluding carboxylic acids is 1. The van der Waals surface area contributed by atoms with Gasteiger partial charge in [-0.3, -0.25) is 4.79 Å². The number of rotatable bonds is 4. The number of hydrogen-bond acceptors (Lipinski definition) is 4. The molecule has 1 aromatic heterocycles. The molecule has 7 heteroatoms. The number of nitrogens with zero attached hydrogens (tertiary/aromatic N) is 2. The molecule has 1 fully saturated rings. The first-order chi connectivity index (χ1) is 11.1. The van der Waals surface area contributed by atoms with Gasteiger partial charge in [-0.1, -0.05) is 23.2 Å². The van der Waals surface area contributed by atoms with Gasteiger partial charge >= 0.3 is 0 Å². The first-order valence-corrected chi connectivity index (χ1v) is 9.07. The summed E-state index contributed by atoms with van der Waals surface area (Å²) >= 11 is 13.6. The largest absolute Gasteiger partial charge is 0.337 e. The van der Waals surface area contributed by atoms with Crippen LogP contribution in [-0.2, 0) is 0 Å². The van der Waals surface area contributed by atoms with Crippen LogP contribution in [0.3, 0.4) is 0 Å². The molecule has 1 amide bonds. The lowest BCUT2D eigenvalue weighted by molar-refractivity contribution is 0.0782. The summed E-state index contributed by atoms with van der Waals surface area (Å²) in [6, 6.07) is 5.29. The van der Waals surface area contributed by atoms with Gasteiger partial charge in [0.1, 0.15) is 10.7 Å². The lowest BCUT2D eigenvalue weighted by Gasteiger charge is -2.15. The standard InChI is InChI=1S/C16H17Cl2N3OS/c1-19-7-10-4-5-21(8-10)16(22)14-9-23-15(20-14)12-3-2-11(17)6-13(12)18/h2-3,6,9-10,19H,4-5,7-8H2,1H3. The van der Waals surface area contributed by atoms with Crippen molar-refractivity contribution in [1.29, 1.82) is 0 Å². The van der Waals surface area contributed by atoms with Gasteiger partial charge in [0.25, 0.3) is 5.91 Å². The molecular formula is C16H17Cl2N3OS. The SMILES string of the molecule is CNCC1CCN(C(=O)c2csc(-c3ccc(Cl)cc3Cl)n2)C1. The van der Waals surface area contributed by atoms with Crippen LogP contribution >= 0.6 is 34.5 Å². The van der Waals surface area contributed by atoms with Crippen LogP contribution in [0.5, 0.6) is 0 Å². The second-order valence-corrected chi connectivity index (χ2v) is 7.33. The average Bonchev–Trinajstić information content (AvgIpc) is 3.16. The highest BCUT2D eigenvalue weighted by Crippen LogP contribution is 2.32. The molecule has 0 saturated carbocycles. The number of amides is 1. The van der Waals surface area contributed by atoms with E-state index in [2.05, 4.69) is 10.3 Å². The van der Waals surface area contributed by atoms with E-state index < -0.39 is 0 Å². The Morgan fingerprint density at radius 3 is 3.04 bits per heavy atom. The second kappa shape index (κ2) is 7.18. The van der Waals surface area contributed by atoms with Crippen molar-refractivity contribution < 1.29 is 4.79 Å². The van der Waals surface area contributed by atoms with E-state index in [-0.39, 0.29) is 5.91 Å². The van der Waals surface area contributed by atoms with Crippen molar-refractivity contribution in [3.05, 3.63) is 39.3 Å². The fraction of sp³-hybridized carbons (Fsp3) is 0.375. The summed E-state index contributed by atoms with van der Waals surface area (Å²) in [6.45, 7) is 2.51. The van der Waals surface area contributed by atoms with Crippen molar-refractivity contribution in [1.82, 2.24) is 15.2 Å². The molecule has 1 saturated heterocycles. The van der Waals surface area contributed by atoms with Crippen LogP contribution in [-0.4, -0.2) is 42.5 Å². The predicted octanol–water partition coefficient (Wildman–Crippen LogP) is 3.80. The Kier molecular flexibility index (Phi) is 5.21. The Morgan fingerprint density at radius 2 is 2.30 bits per heavy atom. The van der Waals surface area contributed by atoms with E-state index in [9.17, 15) is 4.79 Å². The molecule has 3 rings (SSSR count). The number of benzene rings is 1. The third kappa shape index (κ3) is 3.69. The predicted molar refractivity (Wildman–Crippen MR) is 95.5 cm³/mol. The number of hydrogen-bond donors (Lipinski definition) is 1. The molecule has 1 aliphatic heterocycles. The highest BCUT2D eigenvalue weighted by molar-refractivity contribution is 7.13. The molecule has 1 N–H and O–H groups in total. The van der Waals surface area contributed by atoms with Gasteiger partial charge in [0.15, 0.2) is 0 Å². The normalized spacial score (nSPS) is 17.7. The number of thiazole rings is 1. The Morgan fingerprint density at radius 1 is 1.48 bits per heavy atom. The van der Waals surface area contributed by atoms with Crippen LogP contribution in [0.25, 0.3) is 10.6 Å². The van der Waals surface area contributed by atoms with Crippen molar-refractivity contribution >= 4 is 40.4 Å². The summed E-state index contributed by atoms with van der Waals surface area (Å²) in [5.41, 5.74) is 1.29. The van der Waals surface area contributed by atoms with E-state index in [4.69, 9.17) is 23.2 Å². The second-order valence-electron chi connectivity index (χ2n) is 5.63. The molecule has 23 heavy (non-hydrogen) atoms. The average molecular weight is 370 g/mol. The molecule has 122 valence electrons. The van der Waals surface area contributed by atoms with Gasteiger partial charge < -0.3 is 10.2 Å². The molecular weight excluding hydrogens is 353 g/mol. The minimum atomic E-state index is -0.00353. The molecule has 0 radical (unpaired) electrons. The molecule has 1 aromatic carbocycles. The van der Waals surface area contributed by atoms with E-state index in [1.807, 2.05) is 18.0 Å². The van der Waals surface area contributed by atoms with Crippen LogP contribution < -0.4 is 5.32 Å². The molecule has 1 unspecified atom stereocenters. The summed E-state index contributed by atoms with van der Waals surface area (Å²) in [4.78, 5) is 18.9. The van der Waals surface area contributed by atoms with Crippen molar-refractivity contribution in [3.63, 3.8) is 0 Å². The zero-order chi connectivity index (χ0) is 16.4. The van der Waals surface area contributed by atoms with Crippen LogP contribution in [0.15, 0.2) is 23.6 Å². The summed E-state index contributed by atoms with van der Waals surface area (Å²) in [5, 5.41) is 6.83. The summed E-state index contributed by atoms with van der Waals surface area (Å²) < 4.78 is 0. The number of aromatic nitrogens is 1. The lowest BCUT2D eigenvalue weighted by atomic mass is 10.1. The zero-order valence-corrected chi connectivity index (χ0v) is 15.0. The lowest BCUT2D eigenvalue weighted by Crippen LogP contribution is -2.30. The molecule has 4 nitrogen and oxygen atoms in total. The van der Waals surface area contributed by atoms with E-state index in [1.165, 1.54) is 11.3 Å². The van der Waals surface area contributed by atoms with Crippen molar-refractivity contribution in [2.75, 3.05) is 26.7 Å². The molecule has 0 bridgehead atoms. The fourth-order valence-corrected chi connectivity index (χ4v) is 4.18. The van der Waals surface area contributed by atoms with Gasteiger partial charge in [0.2, 0.25) is 0 Å². The number of halogens is 2. The maximum absolute atomic E-state index is 12.6. The van der Waals surface area contributed by atoms with Crippen LogP contribution in [0.4, 0.5) is 0 Å². The molecule has 0 spiro atoms. The number of nitrogens with one attached hydrogen (secondary N) is 1. The topological polar surface area (TPSA) is 45.2 Å². The van der Waals surface area contributed by atoms with Crippen molar-refractivity contribution in [3.8, 4) is 10.6 Å². The third-order valence-electron chi connectivity index (χ3n) is 3.95. The molecule has 0 aliphatic carbocycles. The highest BCUT2D eigenvalue weighted by atomic mass is 35.5. The molecule has 2 heterocycles. The first-order valence-electron chi connectivity index (χ1n) is 7.43. The van der Waals surface area contributed by atoms with E-state index in [0.29, 0.717) is 21.7 Å². The van der Waals surface area contributed by atoms with Gasteiger partial charge in [-0.25, -0.2) is 4.98 Å². The Bertz CT molecular complexity index is 719. The monoisotopic (exact) mass is 369 g/mol. The summed E-state index contributed by atoms with van der Waals surface area (Å²) in [6.07, 6.45) is 1.03. The van der Waals surface area contributed by atoms with Crippen molar-refractivity contribution in [2.45, 2.75) is 6.42 Å². The van der Waals surface area contributed by atoms with E-state index in [0.717, 1.165) is 36.6 Å². The van der Waals surface area contributed by atoms with Gasteiger partial charge in [-0.2, -0.15) is 0 Å². The van der Waals surface area contributed by atoms with Crippen LogP contribution in [0.1, 0.15) is 16.9 Å². The van der Waals surface area contributed by atoms with Crippen LogP contribution in [0.2, 0.25) is 10.0 Å².